The maximum Gasteiger partial charge on any atom is 0.347 e. The van der Waals surface area contributed by atoms with Gasteiger partial charge in [-0.05, 0) is 0 Å². The molecule has 0 saturated heterocycles. The number of halogens is 4. The van der Waals surface area contributed by atoms with Crippen LogP contribution in [-0.2, 0) is 0 Å². The molecule has 0 bridgehead atoms. The molecule has 0 aromatic rings. The van der Waals surface area contributed by atoms with Gasteiger partial charge < -0.3 is 49.6 Å². The van der Waals surface area contributed by atoms with E-state index in [1.807, 2.05) is 113 Å². The van der Waals surface area contributed by atoms with E-state index in [4.69, 9.17) is 0 Å². The fraction of sp³-hybridized carbons (Fsp3) is 0.846. The largest absolute Gasteiger partial charge is 1.00 e. The molecule has 0 fully saturated rings. The van der Waals surface area contributed by atoms with Crippen molar-refractivity contribution in [3.05, 3.63) is 0 Å². The molecule has 0 amide bonds. The van der Waals surface area contributed by atoms with E-state index in [1.165, 1.54) is 0 Å². The Bertz CT molecular complexity index is 665. The van der Waals surface area contributed by atoms with Crippen molar-refractivity contribution < 1.29 is 67.9 Å². The van der Waals surface area contributed by atoms with Gasteiger partial charge in [0.15, 0.2) is 0 Å². The molecule has 0 aliphatic heterocycles. The minimum atomic E-state index is 0. The number of nitrogens with zero attached hydrogens (tertiary/aromatic N) is 8. The zero-order valence-corrected chi connectivity index (χ0v) is 32.4. The van der Waals surface area contributed by atoms with Crippen molar-refractivity contribution >= 4 is 23.8 Å². The van der Waals surface area contributed by atoms with E-state index >= 15 is 0 Å². The predicted octanol–water partition coefficient (Wildman–Crippen LogP) is -14.1. The lowest BCUT2D eigenvalue weighted by atomic mass is 10.4. The van der Waals surface area contributed by atoms with Gasteiger partial charge in [0.2, 0.25) is 0 Å². The zero-order valence-electron chi connectivity index (χ0n) is 29.3. The van der Waals surface area contributed by atoms with Crippen LogP contribution >= 0.6 is 0 Å². The average molecular weight is 687 g/mol. The van der Waals surface area contributed by atoms with Crippen LogP contribution in [0.5, 0.6) is 0 Å². The van der Waals surface area contributed by atoms with Crippen molar-refractivity contribution in [2.75, 3.05) is 139 Å². The summed E-state index contributed by atoms with van der Waals surface area (Å²) in [6.07, 6.45) is 2.13. The van der Waals surface area contributed by atoms with Crippen LogP contribution in [0.15, 0.2) is 0 Å². The Hall–Kier alpha value is -1.76. The highest BCUT2D eigenvalue weighted by Crippen LogP contribution is 1.84. The number of nitrogens with one attached hydrogen (secondary N) is 4. The topological polar surface area (TPSA) is 73.1 Å². The summed E-state index contributed by atoms with van der Waals surface area (Å²) in [5.74, 6) is 4.52. The molecule has 0 aromatic heterocycles. The lowest BCUT2D eigenvalue weighted by Gasteiger charge is -2.14. The Balaban J connectivity index is -0.000000141. The molecule has 0 aromatic carbocycles. The second-order valence-electron chi connectivity index (χ2n) is 10.9. The predicted molar refractivity (Wildman–Crippen MR) is 164 cm³/mol. The van der Waals surface area contributed by atoms with Gasteiger partial charge in [0, 0.05) is 12.8 Å². The van der Waals surface area contributed by atoms with Gasteiger partial charge in [-0.2, -0.15) is 0 Å². The van der Waals surface area contributed by atoms with Gasteiger partial charge in [0.1, 0.15) is 0 Å². The fourth-order valence-electron chi connectivity index (χ4n) is 3.84. The molecule has 0 saturated carbocycles. The highest BCUT2D eigenvalue weighted by Gasteiger charge is 2.13. The average Bonchev–Trinajstić information content (AvgIpc) is 2.76. The van der Waals surface area contributed by atoms with Crippen LogP contribution in [0.4, 0.5) is 0 Å². The molecule has 0 spiro atoms. The number of hydrogen-bond acceptors (Lipinski definition) is 0. The normalized spacial score (nSPS) is 8.76. The SMILES string of the molecule is CN(C)C(NCCCNC(N(C)C)=[N+](C)C)=[N+](C)C.CN(C)C(NCCCNC(N(C)C)=[N+](C)C)=[N+](C)C.[Cl-].[Cl-].[Cl-].[Cl-]. The lowest BCUT2D eigenvalue weighted by Crippen LogP contribution is -3.00. The van der Waals surface area contributed by atoms with Crippen molar-refractivity contribution in [1.82, 2.24) is 40.9 Å². The smallest absolute Gasteiger partial charge is 0.347 e. The zero-order chi connectivity index (χ0) is 30.0. The standard InChI is InChI=1S/2C13H30N6.4ClH/c2*1-16(2)12(17(3)4)14-10-9-11-15-13(18(5)6)19(7)8;;;;/h2*9-11H2,1-8H3;4*1H. The first-order valence-electron chi connectivity index (χ1n) is 13.4. The summed E-state index contributed by atoms with van der Waals surface area (Å²) >= 11 is 0. The van der Waals surface area contributed by atoms with Gasteiger partial charge in [-0.3, -0.25) is 59.2 Å². The first kappa shape index (κ1) is 52.9. The van der Waals surface area contributed by atoms with E-state index in [2.05, 4.69) is 59.2 Å². The molecule has 4 N–H and O–H groups in total. The van der Waals surface area contributed by atoms with E-state index in [1.54, 1.807) is 0 Å². The molecular formula is C26H64Cl4N12. The third kappa shape index (κ3) is 24.8. The molecule has 0 unspecified atom stereocenters. The lowest BCUT2D eigenvalue weighted by molar-refractivity contribution is -0.472. The van der Waals surface area contributed by atoms with E-state index < -0.39 is 0 Å². The van der Waals surface area contributed by atoms with Crippen LogP contribution in [0, 0.1) is 0 Å². The van der Waals surface area contributed by atoms with Crippen LogP contribution in [0.25, 0.3) is 0 Å². The van der Waals surface area contributed by atoms with Crippen LogP contribution < -0.4 is 70.9 Å². The molecule has 42 heavy (non-hydrogen) atoms. The van der Waals surface area contributed by atoms with Crippen molar-refractivity contribution in [3.63, 3.8) is 0 Å². The minimum absolute atomic E-state index is 0. The maximum absolute atomic E-state index is 3.44. The van der Waals surface area contributed by atoms with E-state index in [0.29, 0.717) is 0 Å². The summed E-state index contributed by atoms with van der Waals surface area (Å²) < 4.78 is 8.35. The highest BCUT2D eigenvalue weighted by atomic mass is 35.5. The second-order valence-corrected chi connectivity index (χ2v) is 10.9. The van der Waals surface area contributed by atoms with Crippen molar-refractivity contribution in [3.8, 4) is 0 Å². The number of guanidine groups is 4. The van der Waals surface area contributed by atoms with Crippen molar-refractivity contribution in [1.29, 1.82) is 0 Å². The minimum Gasteiger partial charge on any atom is -1.00 e. The van der Waals surface area contributed by atoms with Gasteiger partial charge in [0.25, 0.3) is 0 Å². The summed E-state index contributed by atoms with van der Waals surface area (Å²) in [5, 5.41) is 13.8. The van der Waals surface area contributed by atoms with E-state index in [9.17, 15) is 0 Å². The Morgan fingerprint density at radius 2 is 0.500 bits per heavy atom. The second kappa shape index (κ2) is 29.3. The Labute approximate surface area is 283 Å². The summed E-state index contributed by atoms with van der Waals surface area (Å²) in [6.45, 7) is 3.80. The van der Waals surface area contributed by atoms with Crippen molar-refractivity contribution in [2.24, 2.45) is 0 Å². The van der Waals surface area contributed by atoms with Gasteiger partial charge in [0.05, 0.1) is 139 Å². The molecular weight excluding hydrogens is 622 g/mol. The number of rotatable bonds is 8. The fourth-order valence-corrected chi connectivity index (χ4v) is 3.84. The summed E-state index contributed by atoms with van der Waals surface area (Å²) in [7, 11) is 32.7. The molecule has 0 aliphatic rings. The van der Waals surface area contributed by atoms with Gasteiger partial charge in [-0.15, -0.1) is 0 Å². The molecule has 16 heteroatoms. The van der Waals surface area contributed by atoms with Crippen molar-refractivity contribution in [2.45, 2.75) is 12.8 Å². The molecule has 256 valence electrons. The third-order valence-electron chi connectivity index (χ3n) is 5.23. The maximum atomic E-state index is 3.44. The molecule has 0 radical (unpaired) electrons. The molecule has 12 nitrogen and oxygen atoms in total. The Morgan fingerprint density at radius 1 is 0.357 bits per heavy atom. The number of hydrogen-bond donors (Lipinski definition) is 4. The van der Waals surface area contributed by atoms with Gasteiger partial charge in [-0.25, -0.2) is 0 Å². The first-order chi connectivity index (χ1) is 17.5. The summed E-state index contributed by atoms with van der Waals surface area (Å²) in [6, 6.07) is 0. The first-order valence-corrected chi connectivity index (χ1v) is 13.4. The van der Waals surface area contributed by atoms with Crippen LogP contribution in [-0.4, -0.2) is 201 Å². The van der Waals surface area contributed by atoms with E-state index in [0.717, 1.165) is 62.9 Å². The third-order valence-corrected chi connectivity index (χ3v) is 5.23. The van der Waals surface area contributed by atoms with Crippen LogP contribution in [0.1, 0.15) is 12.8 Å². The summed E-state index contributed by atoms with van der Waals surface area (Å²) in [5.41, 5.74) is 0. The highest BCUT2D eigenvalue weighted by molar-refractivity contribution is 5.75. The molecule has 0 atom stereocenters. The van der Waals surface area contributed by atoms with Crippen LogP contribution in [0.3, 0.4) is 0 Å². The molecule has 0 rings (SSSR count). The Kier molecular flexibility index (Phi) is 36.9. The molecule has 0 aliphatic carbocycles. The molecule has 0 heterocycles. The monoisotopic (exact) mass is 684 g/mol. The quantitative estimate of drug-likeness (QED) is 0.0870. The van der Waals surface area contributed by atoms with Gasteiger partial charge >= 0.3 is 23.8 Å². The summed E-state index contributed by atoms with van der Waals surface area (Å²) in [4.78, 5) is 8.35. The van der Waals surface area contributed by atoms with Crippen LogP contribution in [0.2, 0.25) is 0 Å². The van der Waals surface area contributed by atoms with E-state index in [-0.39, 0.29) is 49.6 Å². The van der Waals surface area contributed by atoms with Gasteiger partial charge in [-0.1, -0.05) is 0 Å². The Morgan fingerprint density at radius 3 is 0.595 bits per heavy atom.